The molecule has 8 nitrogen and oxygen atoms in total. The van der Waals surface area contributed by atoms with Crippen LogP contribution in [0.5, 0.6) is 0 Å². The largest absolute Gasteiger partial charge is 0.452 e. The molecule has 2 amide bonds. The lowest BCUT2D eigenvalue weighted by atomic mass is 9.98. The Hall–Kier alpha value is -2.94. The predicted molar refractivity (Wildman–Crippen MR) is 148 cm³/mol. The summed E-state index contributed by atoms with van der Waals surface area (Å²) in [7, 11) is 0. The van der Waals surface area contributed by atoms with Gasteiger partial charge in [0.05, 0.1) is 16.8 Å². The van der Waals surface area contributed by atoms with Gasteiger partial charge in [0.15, 0.2) is 11.3 Å². The van der Waals surface area contributed by atoms with Crippen LogP contribution in [-0.2, 0) is 0 Å². The van der Waals surface area contributed by atoms with E-state index in [9.17, 15) is 14.4 Å². The van der Waals surface area contributed by atoms with Gasteiger partial charge in [-0.2, -0.15) is 0 Å². The van der Waals surface area contributed by atoms with Crippen molar-refractivity contribution in [2.24, 2.45) is 0 Å². The molecule has 0 unspecified atom stereocenters. The Kier molecular flexibility index (Phi) is 9.11. The predicted octanol–water partition coefficient (Wildman–Crippen LogP) is 5.07. The smallest absolute Gasteiger partial charge is 0.258 e. The zero-order chi connectivity index (χ0) is 26.6. The van der Waals surface area contributed by atoms with Crippen LogP contribution < -0.4 is 10.7 Å². The first-order valence-corrected chi connectivity index (χ1v) is 13.7. The minimum absolute atomic E-state index is 0.156. The van der Waals surface area contributed by atoms with E-state index in [2.05, 4.69) is 21.2 Å². The molecule has 1 aromatic rings. The van der Waals surface area contributed by atoms with E-state index in [1.165, 1.54) is 0 Å². The fourth-order valence-electron chi connectivity index (χ4n) is 4.35. The number of amides is 2. The van der Waals surface area contributed by atoms with E-state index in [4.69, 9.17) is 9.40 Å². The Morgan fingerprint density at radius 1 is 1.00 bits per heavy atom. The molecule has 1 N–H and O–H groups in total. The first kappa shape index (κ1) is 27.6. The second kappa shape index (κ2) is 11.9. The summed E-state index contributed by atoms with van der Waals surface area (Å²) in [4.78, 5) is 48.8. The molecule has 0 bridgehead atoms. The minimum Gasteiger partial charge on any atom is -0.452 e. The zero-order valence-electron chi connectivity index (χ0n) is 22.0. The number of rotatable bonds is 10. The number of halogens is 1. The highest BCUT2D eigenvalue weighted by atomic mass is 79.9. The number of anilines is 1. The van der Waals surface area contributed by atoms with Gasteiger partial charge in [0.2, 0.25) is 5.43 Å². The van der Waals surface area contributed by atoms with Gasteiger partial charge in [-0.1, -0.05) is 22.0 Å². The highest BCUT2D eigenvalue weighted by Gasteiger charge is 2.31. The lowest BCUT2D eigenvalue weighted by Crippen LogP contribution is -2.34. The van der Waals surface area contributed by atoms with E-state index >= 15 is 0 Å². The van der Waals surface area contributed by atoms with Crippen LogP contribution in [0.3, 0.4) is 0 Å². The van der Waals surface area contributed by atoms with Crippen LogP contribution in [0.4, 0.5) is 5.69 Å². The fraction of sp³-hybridized carbons (Fsp3) is 0.481. The molecule has 9 heteroatoms. The molecule has 0 saturated carbocycles. The lowest BCUT2D eigenvalue weighted by molar-refractivity contribution is 0.0767. The normalized spacial score (nSPS) is 11.2. The van der Waals surface area contributed by atoms with Crippen molar-refractivity contribution in [3.8, 4) is 11.5 Å². The molecule has 0 saturated heterocycles. The Morgan fingerprint density at radius 2 is 1.61 bits per heavy atom. The number of hydrogen-bond donors (Lipinski definition) is 1. The van der Waals surface area contributed by atoms with E-state index in [0.717, 1.165) is 17.3 Å². The Balaban J connectivity index is 2.46. The van der Waals surface area contributed by atoms with Gasteiger partial charge in [0.1, 0.15) is 11.2 Å². The molecular weight excluding hydrogens is 524 g/mol. The van der Waals surface area contributed by atoms with E-state index in [1.807, 2.05) is 40.7 Å². The molecule has 1 aromatic carbocycles. The van der Waals surface area contributed by atoms with Gasteiger partial charge < -0.3 is 19.5 Å². The maximum atomic E-state index is 13.7. The number of fused-ring (bicyclic) bond motifs is 2. The molecule has 0 fully saturated rings. The molecule has 0 atom stereocenters. The van der Waals surface area contributed by atoms with Crippen molar-refractivity contribution in [1.82, 2.24) is 14.8 Å². The van der Waals surface area contributed by atoms with Crippen molar-refractivity contribution in [2.75, 3.05) is 43.4 Å². The zero-order valence-corrected chi connectivity index (χ0v) is 23.5. The van der Waals surface area contributed by atoms with Crippen molar-refractivity contribution in [3.63, 3.8) is 0 Å². The van der Waals surface area contributed by atoms with Crippen LogP contribution in [-0.4, -0.2) is 64.7 Å². The van der Waals surface area contributed by atoms with Gasteiger partial charge in [0.25, 0.3) is 11.8 Å². The monoisotopic (exact) mass is 558 g/mol. The van der Waals surface area contributed by atoms with Gasteiger partial charge in [0, 0.05) is 43.6 Å². The summed E-state index contributed by atoms with van der Waals surface area (Å²) < 4.78 is 6.31. The average molecular weight is 560 g/mol. The number of carbonyl (C=O) groups excluding carboxylic acids is 2. The van der Waals surface area contributed by atoms with Crippen LogP contribution in [0.25, 0.3) is 22.6 Å². The third kappa shape index (κ3) is 4.98. The molecule has 3 rings (SSSR count). The SMILES string of the molecule is CCN(CC)C(=O)c1c2nc3c(C(=O)N(CC)CC)ccc(C)c3oc-2c(C)c(=O)c1NCCCBr. The molecule has 1 heterocycles. The standard InChI is InChI=1S/C27H35BrN4O4/c1-7-31(8-2)26(34)18-13-12-16(5)24-20(18)30-22-19(27(35)32(9-3)10-4)21(29-15-11-14-28)23(33)17(6)25(22)36-24/h12-13,29H,7-11,14-15H2,1-6H3. The summed E-state index contributed by atoms with van der Waals surface area (Å²) in [5, 5.41) is 3.94. The summed E-state index contributed by atoms with van der Waals surface area (Å²) >= 11 is 3.41. The van der Waals surface area contributed by atoms with Crippen LogP contribution in [0, 0.1) is 13.8 Å². The fourth-order valence-corrected chi connectivity index (χ4v) is 4.63. The summed E-state index contributed by atoms with van der Waals surface area (Å²) in [5.74, 6) is -0.184. The quantitative estimate of drug-likeness (QED) is 0.212. The minimum atomic E-state index is -0.297. The maximum Gasteiger partial charge on any atom is 0.258 e. The maximum absolute atomic E-state index is 13.7. The van der Waals surface area contributed by atoms with E-state index in [1.54, 1.807) is 22.8 Å². The van der Waals surface area contributed by atoms with Gasteiger partial charge in [-0.25, -0.2) is 4.98 Å². The molecule has 36 heavy (non-hydrogen) atoms. The van der Waals surface area contributed by atoms with Gasteiger partial charge in [-0.05, 0) is 59.6 Å². The Bertz CT molecular complexity index is 1300. The average Bonchev–Trinajstić information content (AvgIpc) is 2.88. The topological polar surface area (TPSA) is 95.8 Å². The number of carbonyl (C=O) groups is 2. The molecule has 194 valence electrons. The number of hydrogen-bond acceptors (Lipinski definition) is 6. The number of nitrogens with one attached hydrogen (secondary N) is 1. The van der Waals surface area contributed by atoms with Gasteiger partial charge in [-0.3, -0.25) is 14.4 Å². The molecule has 0 spiro atoms. The molecule has 1 aliphatic carbocycles. The summed E-state index contributed by atoms with van der Waals surface area (Å²) in [5.41, 5.74) is 2.81. The van der Waals surface area contributed by atoms with Crippen molar-refractivity contribution in [1.29, 1.82) is 0 Å². The molecule has 1 aliphatic heterocycles. The second-order valence-electron chi connectivity index (χ2n) is 8.63. The van der Waals surface area contributed by atoms with Gasteiger partial charge >= 0.3 is 0 Å². The van der Waals surface area contributed by atoms with Crippen molar-refractivity contribution < 1.29 is 14.0 Å². The van der Waals surface area contributed by atoms with E-state index < -0.39 is 0 Å². The summed E-state index contributed by atoms with van der Waals surface area (Å²) in [6, 6.07) is 3.57. The Morgan fingerprint density at radius 3 is 2.19 bits per heavy atom. The number of benzene rings is 2. The van der Waals surface area contributed by atoms with Crippen LogP contribution in [0.2, 0.25) is 0 Å². The third-order valence-electron chi connectivity index (χ3n) is 6.52. The van der Waals surface area contributed by atoms with E-state index in [0.29, 0.717) is 55.0 Å². The first-order chi connectivity index (χ1) is 17.2. The highest BCUT2D eigenvalue weighted by molar-refractivity contribution is 9.09. The van der Waals surface area contributed by atoms with Crippen molar-refractivity contribution in [3.05, 3.63) is 44.6 Å². The number of nitrogens with zero attached hydrogens (tertiary/aromatic N) is 3. The molecule has 0 radical (unpaired) electrons. The van der Waals surface area contributed by atoms with Crippen molar-refractivity contribution >= 4 is 44.5 Å². The van der Waals surface area contributed by atoms with Gasteiger partial charge in [-0.15, -0.1) is 0 Å². The van der Waals surface area contributed by atoms with Crippen LogP contribution in [0.1, 0.15) is 66.0 Å². The number of alkyl halides is 1. The lowest BCUT2D eigenvalue weighted by Gasteiger charge is -2.24. The third-order valence-corrected chi connectivity index (χ3v) is 7.08. The molecule has 0 aromatic heterocycles. The first-order valence-electron chi connectivity index (χ1n) is 12.5. The van der Waals surface area contributed by atoms with Crippen LogP contribution >= 0.6 is 15.9 Å². The molecule has 2 aliphatic rings. The summed E-state index contributed by atoms with van der Waals surface area (Å²) in [6.45, 7) is 13.8. The van der Waals surface area contributed by atoms with Crippen molar-refractivity contribution in [2.45, 2.75) is 48.0 Å². The van der Waals surface area contributed by atoms with Crippen LogP contribution in [0.15, 0.2) is 21.3 Å². The second-order valence-corrected chi connectivity index (χ2v) is 9.42. The van der Waals surface area contributed by atoms with E-state index in [-0.39, 0.29) is 39.9 Å². The highest BCUT2D eigenvalue weighted by Crippen LogP contribution is 2.36. The summed E-state index contributed by atoms with van der Waals surface area (Å²) in [6.07, 6.45) is 0.770. The Labute approximate surface area is 220 Å². The number of aryl methyl sites for hydroxylation is 1. The molecular formula is C27H35BrN4O4. The number of aromatic nitrogens is 1.